The molecule has 13 heteroatoms. The monoisotopic (exact) mass is 557 g/mol. The van der Waals surface area contributed by atoms with Crippen LogP contribution >= 0.6 is 22.9 Å². The molecule has 3 heterocycles. The smallest absolute Gasteiger partial charge is 0.281 e. The fourth-order valence-electron chi connectivity index (χ4n) is 4.27. The van der Waals surface area contributed by atoms with Gasteiger partial charge in [-0.05, 0) is 50.9 Å². The quantitative estimate of drug-likeness (QED) is 0.281. The highest BCUT2D eigenvalue weighted by Crippen LogP contribution is 2.35. The van der Waals surface area contributed by atoms with Gasteiger partial charge < -0.3 is 10.1 Å². The van der Waals surface area contributed by atoms with E-state index in [0.29, 0.717) is 37.4 Å². The SMILES string of the molecule is Cc1nc(F)cc(OCC2CCN(C(CNC(=O)c3c(F)cccc3Cl)c3scnc3C(F)F)CC2)n1. The van der Waals surface area contributed by atoms with Gasteiger partial charge in [0, 0.05) is 6.54 Å². The first-order chi connectivity index (χ1) is 17.7. The lowest BCUT2D eigenvalue weighted by molar-refractivity contribution is 0.0867. The van der Waals surface area contributed by atoms with Crippen LogP contribution in [0.1, 0.15) is 52.1 Å². The van der Waals surface area contributed by atoms with E-state index in [0.717, 1.165) is 23.5 Å². The summed E-state index contributed by atoms with van der Waals surface area (Å²) < 4.78 is 60.7. The molecule has 0 bridgehead atoms. The number of benzene rings is 1. The van der Waals surface area contributed by atoms with Gasteiger partial charge >= 0.3 is 0 Å². The van der Waals surface area contributed by atoms with E-state index < -0.39 is 30.1 Å². The molecule has 2 aromatic heterocycles. The molecular formula is C24H24ClF4N5O2S. The summed E-state index contributed by atoms with van der Waals surface area (Å²) in [7, 11) is 0. The predicted octanol–water partition coefficient (Wildman–Crippen LogP) is 5.37. The van der Waals surface area contributed by atoms with E-state index >= 15 is 0 Å². The van der Waals surface area contributed by atoms with Crippen molar-refractivity contribution in [2.75, 3.05) is 26.2 Å². The molecule has 1 fully saturated rings. The summed E-state index contributed by atoms with van der Waals surface area (Å²) in [6.07, 6.45) is -1.42. The molecule has 1 aromatic carbocycles. The van der Waals surface area contributed by atoms with Crippen molar-refractivity contribution in [1.29, 1.82) is 0 Å². The Kier molecular flexibility index (Phi) is 8.93. The maximum Gasteiger partial charge on any atom is 0.281 e. The Balaban J connectivity index is 1.43. The first-order valence-corrected chi connectivity index (χ1v) is 12.8. The standard InChI is InChI=1S/C24H24ClF4N5O2S/c1-13-32-18(27)9-19(33-13)36-11-14-5-7-34(8-6-14)17(22-21(23(28)29)31-12-37-22)10-30-24(35)20-15(25)3-2-4-16(20)26/h2-4,9,12,14,17,23H,5-8,10-11H2,1H3,(H,30,35). The van der Waals surface area contributed by atoms with Crippen LogP contribution in [0.3, 0.4) is 0 Å². The maximum atomic E-state index is 14.2. The fourth-order valence-corrected chi connectivity index (χ4v) is 5.45. The third-order valence-corrected chi connectivity index (χ3v) is 7.38. The molecule has 1 aliphatic rings. The third kappa shape index (κ3) is 6.74. The van der Waals surface area contributed by atoms with Crippen molar-refractivity contribution < 1.29 is 27.1 Å². The molecule has 0 radical (unpaired) electrons. The van der Waals surface area contributed by atoms with Gasteiger partial charge in [-0.2, -0.15) is 9.37 Å². The van der Waals surface area contributed by atoms with E-state index in [4.69, 9.17) is 16.3 Å². The van der Waals surface area contributed by atoms with Crippen LogP contribution in [0.5, 0.6) is 5.88 Å². The zero-order chi connectivity index (χ0) is 26.5. The van der Waals surface area contributed by atoms with Crippen molar-refractivity contribution in [3.05, 3.63) is 68.5 Å². The number of ether oxygens (including phenoxy) is 1. The number of nitrogens with one attached hydrogen (secondary N) is 1. The highest BCUT2D eigenvalue weighted by Gasteiger charge is 2.32. The first kappa shape index (κ1) is 27.2. The molecule has 4 rings (SSSR count). The second kappa shape index (κ2) is 12.1. The summed E-state index contributed by atoms with van der Waals surface area (Å²) in [5, 5.41) is 2.61. The molecule has 1 unspecified atom stereocenters. The summed E-state index contributed by atoms with van der Waals surface area (Å²) in [6.45, 7) is 2.92. The highest BCUT2D eigenvalue weighted by atomic mass is 35.5. The van der Waals surface area contributed by atoms with Crippen LogP contribution in [-0.2, 0) is 0 Å². The van der Waals surface area contributed by atoms with Crippen LogP contribution in [0.4, 0.5) is 17.6 Å². The number of rotatable bonds is 9. The van der Waals surface area contributed by atoms with Crippen LogP contribution in [0.2, 0.25) is 5.02 Å². The number of hydrogen-bond acceptors (Lipinski definition) is 7. The van der Waals surface area contributed by atoms with Gasteiger partial charge in [0.05, 0.1) is 39.7 Å². The van der Waals surface area contributed by atoms with Crippen LogP contribution < -0.4 is 10.1 Å². The fraction of sp³-hybridized carbons (Fsp3) is 0.417. The molecule has 1 amide bonds. The van der Waals surface area contributed by atoms with Crippen molar-refractivity contribution in [2.45, 2.75) is 32.2 Å². The van der Waals surface area contributed by atoms with E-state index in [1.165, 1.54) is 17.6 Å². The van der Waals surface area contributed by atoms with E-state index in [2.05, 4.69) is 20.3 Å². The highest BCUT2D eigenvalue weighted by molar-refractivity contribution is 7.09. The third-order valence-electron chi connectivity index (χ3n) is 6.12. The summed E-state index contributed by atoms with van der Waals surface area (Å²) in [5.41, 5.74) is 0.719. The molecule has 1 atom stereocenters. The number of aromatic nitrogens is 3. The second-order valence-corrected chi connectivity index (χ2v) is 9.89. The van der Waals surface area contributed by atoms with Crippen LogP contribution in [-0.4, -0.2) is 52.0 Å². The average molecular weight is 558 g/mol. The van der Waals surface area contributed by atoms with Crippen LogP contribution in [0.25, 0.3) is 0 Å². The maximum absolute atomic E-state index is 14.2. The molecule has 1 saturated heterocycles. The second-order valence-electron chi connectivity index (χ2n) is 8.59. The number of hydrogen-bond donors (Lipinski definition) is 1. The normalized spacial score (nSPS) is 15.6. The molecule has 198 valence electrons. The predicted molar refractivity (Wildman–Crippen MR) is 130 cm³/mol. The van der Waals surface area contributed by atoms with Gasteiger partial charge in [0.25, 0.3) is 12.3 Å². The Bertz CT molecular complexity index is 1200. The Morgan fingerprint density at radius 2 is 2.03 bits per heavy atom. The van der Waals surface area contributed by atoms with Gasteiger partial charge in [0.1, 0.15) is 17.3 Å². The van der Waals surface area contributed by atoms with Crippen LogP contribution in [0.15, 0.2) is 29.8 Å². The van der Waals surface area contributed by atoms with E-state index in [-0.39, 0.29) is 40.4 Å². The first-order valence-electron chi connectivity index (χ1n) is 11.5. The van der Waals surface area contributed by atoms with Crippen molar-refractivity contribution >= 4 is 28.8 Å². The lowest BCUT2D eigenvalue weighted by Gasteiger charge is -2.37. The molecule has 0 saturated carbocycles. The lowest BCUT2D eigenvalue weighted by Crippen LogP contribution is -2.43. The molecule has 7 nitrogen and oxygen atoms in total. The van der Waals surface area contributed by atoms with E-state index in [1.807, 2.05) is 4.90 Å². The van der Waals surface area contributed by atoms with Crippen LogP contribution in [0, 0.1) is 24.6 Å². The minimum atomic E-state index is -2.77. The number of thiazole rings is 1. The zero-order valence-electron chi connectivity index (χ0n) is 19.8. The Morgan fingerprint density at radius 3 is 2.70 bits per heavy atom. The molecular weight excluding hydrogens is 534 g/mol. The van der Waals surface area contributed by atoms with E-state index in [9.17, 15) is 22.4 Å². The molecule has 3 aromatic rings. The summed E-state index contributed by atoms with van der Waals surface area (Å²) in [6, 6.07) is 4.45. The minimum absolute atomic E-state index is 0.0356. The number of halogens is 5. The van der Waals surface area contributed by atoms with Gasteiger partial charge in [-0.15, -0.1) is 11.3 Å². The number of amides is 1. The molecule has 37 heavy (non-hydrogen) atoms. The topological polar surface area (TPSA) is 80.2 Å². The van der Waals surface area contributed by atoms with Gasteiger partial charge in [0.2, 0.25) is 11.8 Å². The van der Waals surface area contributed by atoms with Crippen molar-refractivity contribution in [3.63, 3.8) is 0 Å². The Hall–Kier alpha value is -2.83. The molecule has 0 spiro atoms. The number of nitrogens with zero attached hydrogens (tertiary/aromatic N) is 4. The Morgan fingerprint density at radius 1 is 1.27 bits per heavy atom. The number of aryl methyl sites for hydroxylation is 1. The largest absolute Gasteiger partial charge is 0.477 e. The van der Waals surface area contributed by atoms with Crippen molar-refractivity contribution in [2.24, 2.45) is 5.92 Å². The van der Waals surface area contributed by atoms with E-state index in [1.54, 1.807) is 6.92 Å². The number of carbonyl (C=O) groups excluding carboxylic acids is 1. The summed E-state index contributed by atoms with van der Waals surface area (Å²) in [5.74, 6) is -1.60. The molecule has 1 N–H and O–H groups in total. The van der Waals surface area contributed by atoms with Gasteiger partial charge in [-0.3, -0.25) is 9.69 Å². The zero-order valence-corrected chi connectivity index (χ0v) is 21.3. The number of piperidine rings is 1. The lowest BCUT2D eigenvalue weighted by atomic mass is 9.96. The average Bonchev–Trinajstić information content (AvgIpc) is 3.33. The van der Waals surface area contributed by atoms with Crippen molar-refractivity contribution in [3.8, 4) is 5.88 Å². The molecule has 0 aliphatic carbocycles. The summed E-state index contributed by atoms with van der Waals surface area (Å²) in [4.78, 5) is 26.5. The number of carbonyl (C=O) groups is 1. The van der Waals surface area contributed by atoms with Gasteiger partial charge in [-0.25, -0.2) is 23.1 Å². The van der Waals surface area contributed by atoms with Gasteiger partial charge in [0.15, 0.2) is 0 Å². The number of alkyl halides is 2. The molecule has 1 aliphatic heterocycles. The Labute approximate surface area is 219 Å². The summed E-state index contributed by atoms with van der Waals surface area (Å²) >= 11 is 7.09. The van der Waals surface area contributed by atoms with Crippen molar-refractivity contribution in [1.82, 2.24) is 25.2 Å². The van der Waals surface area contributed by atoms with Gasteiger partial charge in [-0.1, -0.05) is 17.7 Å². The number of likely N-dealkylation sites (tertiary alicyclic amines) is 1. The minimum Gasteiger partial charge on any atom is -0.477 e.